The van der Waals surface area contributed by atoms with Crippen molar-refractivity contribution in [2.45, 2.75) is 25.3 Å². The minimum absolute atomic E-state index is 0.645. The summed E-state index contributed by atoms with van der Waals surface area (Å²) in [6.07, 6.45) is 5.75. The van der Waals surface area contributed by atoms with E-state index in [1.807, 2.05) is 11.8 Å². The summed E-state index contributed by atoms with van der Waals surface area (Å²) in [5.74, 6) is 3.79. The lowest BCUT2D eigenvalue weighted by Crippen LogP contribution is -2.40. The lowest BCUT2D eigenvalue weighted by atomic mass is 9.94. The zero-order chi connectivity index (χ0) is 12.4. The Balaban J connectivity index is 1.63. The second-order valence-electron chi connectivity index (χ2n) is 5.19. The molecule has 1 aromatic heterocycles. The number of fused-ring (bicyclic) bond motifs is 1. The molecule has 2 N–H and O–H groups in total. The van der Waals surface area contributed by atoms with Gasteiger partial charge in [0.25, 0.3) is 0 Å². The molecule has 0 radical (unpaired) electrons. The van der Waals surface area contributed by atoms with E-state index >= 15 is 0 Å². The third-order valence-electron chi connectivity index (χ3n) is 3.94. The van der Waals surface area contributed by atoms with Gasteiger partial charge in [0, 0.05) is 31.3 Å². The number of piperidine rings is 1. The molecule has 2 aliphatic rings. The first-order chi connectivity index (χ1) is 8.86. The summed E-state index contributed by atoms with van der Waals surface area (Å²) in [5.41, 5.74) is 0. The van der Waals surface area contributed by atoms with Crippen molar-refractivity contribution in [1.82, 2.24) is 20.5 Å². The Morgan fingerprint density at radius 1 is 1.44 bits per heavy atom. The van der Waals surface area contributed by atoms with Gasteiger partial charge in [0.1, 0.15) is 5.82 Å². The molecule has 0 amide bonds. The van der Waals surface area contributed by atoms with Gasteiger partial charge in [-0.15, -0.1) is 5.10 Å². The van der Waals surface area contributed by atoms with Gasteiger partial charge in [-0.05, 0) is 31.6 Å². The molecule has 0 aliphatic carbocycles. The van der Waals surface area contributed by atoms with Crippen molar-refractivity contribution in [2.24, 2.45) is 5.92 Å². The predicted octanol–water partition coefficient (Wildman–Crippen LogP) is 0.898. The number of aromatic amines is 1. The van der Waals surface area contributed by atoms with E-state index in [4.69, 9.17) is 0 Å². The molecule has 2 atom stereocenters. The van der Waals surface area contributed by atoms with Gasteiger partial charge in [-0.1, -0.05) is 0 Å². The van der Waals surface area contributed by atoms with Crippen LogP contribution in [0.1, 0.15) is 18.7 Å². The number of anilines is 1. The van der Waals surface area contributed by atoms with Crippen molar-refractivity contribution in [3.8, 4) is 0 Å². The first-order valence-electron chi connectivity index (χ1n) is 6.75. The first-order valence-corrected chi connectivity index (χ1v) is 8.15. The second kappa shape index (κ2) is 5.48. The van der Waals surface area contributed by atoms with E-state index < -0.39 is 0 Å². The highest BCUT2D eigenvalue weighted by Crippen LogP contribution is 2.27. The van der Waals surface area contributed by atoms with E-state index in [1.165, 1.54) is 19.4 Å². The summed E-state index contributed by atoms with van der Waals surface area (Å²) < 4.78 is 0. The number of rotatable bonds is 4. The van der Waals surface area contributed by atoms with Crippen LogP contribution in [0, 0.1) is 5.92 Å². The topological polar surface area (TPSA) is 56.8 Å². The minimum atomic E-state index is 0.645. The average Bonchev–Trinajstić information content (AvgIpc) is 3.02. The summed E-state index contributed by atoms with van der Waals surface area (Å²) >= 11 is 1.84. The standard InChI is InChI=1S/C12H21N5S/c1-18-6-4-11-14-12(16-15-11)17-7-9-3-2-5-13-10(9)8-17/h9-10,13H,2-8H2,1H3,(H,14,15,16). The molecule has 2 saturated heterocycles. The average molecular weight is 267 g/mol. The van der Waals surface area contributed by atoms with Crippen LogP contribution in [0.5, 0.6) is 0 Å². The number of thioether (sulfide) groups is 1. The highest BCUT2D eigenvalue weighted by atomic mass is 32.2. The summed E-state index contributed by atoms with van der Waals surface area (Å²) in [7, 11) is 0. The molecule has 0 saturated carbocycles. The summed E-state index contributed by atoms with van der Waals surface area (Å²) in [6.45, 7) is 3.34. The second-order valence-corrected chi connectivity index (χ2v) is 6.18. The Morgan fingerprint density at radius 3 is 3.22 bits per heavy atom. The summed E-state index contributed by atoms with van der Waals surface area (Å²) in [6, 6.07) is 0.645. The number of nitrogens with zero attached hydrogens (tertiary/aromatic N) is 3. The van der Waals surface area contributed by atoms with Crippen molar-refractivity contribution in [2.75, 3.05) is 36.5 Å². The van der Waals surface area contributed by atoms with Gasteiger partial charge in [0.15, 0.2) is 0 Å². The normalized spacial score (nSPS) is 27.5. The van der Waals surface area contributed by atoms with Crippen LogP contribution in [0.3, 0.4) is 0 Å². The fourth-order valence-electron chi connectivity index (χ4n) is 2.95. The van der Waals surface area contributed by atoms with Crippen LogP contribution in [0.15, 0.2) is 0 Å². The number of hydrogen-bond acceptors (Lipinski definition) is 5. The van der Waals surface area contributed by atoms with Crippen LogP contribution in [0.25, 0.3) is 0 Å². The molecule has 5 nitrogen and oxygen atoms in total. The number of aromatic nitrogens is 3. The molecule has 2 unspecified atom stereocenters. The fourth-order valence-corrected chi connectivity index (χ4v) is 3.34. The van der Waals surface area contributed by atoms with Crippen molar-refractivity contribution < 1.29 is 0 Å². The predicted molar refractivity (Wildman–Crippen MR) is 75.2 cm³/mol. The quantitative estimate of drug-likeness (QED) is 0.849. The van der Waals surface area contributed by atoms with E-state index in [0.717, 1.165) is 43.0 Å². The van der Waals surface area contributed by atoms with E-state index in [1.54, 1.807) is 0 Å². The molecule has 6 heteroatoms. The molecule has 3 heterocycles. The van der Waals surface area contributed by atoms with Crippen molar-refractivity contribution >= 4 is 17.7 Å². The van der Waals surface area contributed by atoms with Gasteiger partial charge in [0.2, 0.25) is 5.95 Å². The molecular formula is C12H21N5S. The molecule has 0 spiro atoms. The molecule has 2 aliphatic heterocycles. The highest BCUT2D eigenvalue weighted by molar-refractivity contribution is 7.98. The van der Waals surface area contributed by atoms with Gasteiger partial charge in [0.05, 0.1) is 0 Å². The van der Waals surface area contributed by atoms with Crippen molar-refractivity contribution in [3.05, 3.63) is 5.82 Å². The lowest BCUT2D eigenvalue weighted by molar-refractivity contribution is 0.340. The lowest BCUT2D eigenvalue weighted by Gasteiger charge is -2.24. The number of H-pyrrole nitrogens is 1. The minimum Gasteiger partial charge on any atom is -0.338 e. The van der Waals surface area contributed by atoms with Gasteiger partial charge in [-0.2, -0.15) is 16.7 Å². The fraction of sp³-hybridized carbons (Fsp3) is 0.833. The third kappa shape index (κ3) is 2.49. The maximum absolute atomic E-state index is 4.61. The molecule has 2 fully saturated rings. The SMILES string of the molecule is CSCCc1nc(N2CC3CCCNC3C2)n[nH]1. The number of hydrogen-bond donors (Lipinski definition) is 2. The molecule has 100 valence electrons. The Labute approximate surface area is 112 Å². The van der Waals surface area contributed by atoms with E-state index in [2.05, 4.69) is 31.7 Å². The molecule has 1 aromatic rings. The molecule has 0 bridgehead atoms. The van der Waals surface area contributed by atoms with Crippen LogP contribution in [0.2, 0.25) is 0 Å². The number of aryl methyl sites for hydroxylation is 1. The van der Waals surface area contributed by atoms with E-state index in [0.29, 0.717) is 6.04 Å². The van der Waals surface area contributed by atoms with Gasteiger partial charge in [-0.3, -0.25) is 5.10 Å². The molecular weight excluding hydrogens is 246 g/mol. The molecule has 0 aromatic carbocycles. The van der Waals surface area contributed by atoms with Crippen molar-refractivity contribution in [3.63, 3.8) is 0 Å². The van der Waals surface area contributed by atoms with Crippen LogP contribution in [-0.2, 0) is 6.42 Å². The maximum Gasteiger partial charge on any atom is 0.244 e. The van der Waals surface area contributed by atoms with Crippen LogP contribution < -0.4 is 10.2 Å². The molecule has 18 heavy (non-hydrogen) atoms. The van der Waals surface area contributed by atoms with Crippen molar-refractivity contribution in [1.29, 1.82) is 0 Å². The first kappa shape index (κ1) is 12.3. The smallest absolute Gasteiger partial charge is 0.244 e. The Hall–Kier alpha value is -0.750. The monoisotopic (exact) mass is 267 g/mol. The van der Waals surface area contributed by atoms with E-state index in [9.17, 15) is 0 Å². The van der Waals surface area contributed by atoms with Crippen LogP contribution >= 0.6 is 11.8 Å². The third-order valence-corrected chi connectivity index (χ3v) is 4.56. The molecule has 3 rings (SSSR count). The zero-order valence-corrected chi connectivity index (χ0v) is 11.7. The summed E-state index contributed by atoms with van der Waals surface area (Å²) in [4.78, 5) is 6.93. The van der Waals surface area contributed by atoms with Crippen LogP contribution in [-0.4, -0.2) is 52.9 Å². The Morgan fingerprint density at radius 2 is 2.39 bits per heavy atom. The summed E-state index contributed by atoms with van der Waals surface area (Å²) in [5, 5.41) is 11.0. The van der Waals surface area contributed by atoms with Gasteiger partial charge in [-0.25, -0.2) is 0 Å². The van der Waals surface area contributed by atoms with Crippen LogP contribution in [0.4, 0.5) is 5.95 Å². The maximum atomic E-state index is 4.61. The Kier molecular flexibility index (Phi) is 3.75. The highest BCUT2D eigenvalue weighted by Gasteiger charge is 2.35. The largest absolute Gasteiger partial charge is 0.338 e. The van der Waals surface area contributed by atoms with Gasteiger partial charge < -0.3 is 10.2 Å². The van der Waals surface area contributed by atoms with Gasteiger partial charge >= 0.3 is 0 Å². The number of nitrogens with one attached hydrogen (secondary N) is 2. The van der Waals surface area contributed by atoms with E-state index in [-0.39, 0.29) is 0 Å². The Bertz CT molecular complexity index is 380. The zero-order valence-electron chi connectivity index (χ0n) is 10.9.